The normalized spacial score (nSPS) is 9.86. The van der Waals surface area contributed by atoms with Crippen LogP contribution in [0.4, 0.5) is 0 Å². The van der Waals surface area contributed by atoms with Gasteiger partial charge in [0.25, 0.3) is 0 Å². The summed E-state index contributed by atoms with van der Waals surface area (Å²) < 4.78 is 0. The predicted octanol–water partition coefficient (Wildman–Crippen LogP) is 4.47. The maximum atomic E-state index is 3.51. The molecule has 0 aliphatic rings. The zero-order chi connectivity index (χ0) is 12.2. The molecule has 0 unspecified atom stereocenters. The van der Waals surface area contributed by atoms with Crippen LogP contribution >= 0.6 is 0 Å². The smallest absolute Gasteiger partial charge is 0.0122 e. The number of hydrogen-bond donors (Lipinski definition) is 1. The minimum Gasteiger partial charge on any atom is -0.312 e. The molecule has 0 saturated heterocycles. The lowest BCUT2D eigenvalue weighted by Gasteiger charge is -2.25. The van der Waals surface area contributed by atoms with E-state index in [1.807, 2.05) is 27.7 Å². The van der Waals surface area contributed by atoms with Gasteiger partial charge in [0.05, 0.1) is 0 Å². The van der Waals surface area contributed by atoms with E-state index in [9.17, 15) is 0 Å². The summed E-state index contributed by atoms with van der Waals surface area (Å²) in [5.41, 5.74) is 0.324. The largest absolute Gasteiger partial charge is 0.312 e. The summed E-state index contributed by atoms with van der Waals surface area (Å²) in [7, 11) is 0. The van der Waals surface area contributed by atoms with Crippen molar-refractivity contribution in [3.05, 3.63) is 0 Å². The van der Waals surface area contributed by atoms with E-state index in [1.54, 1.807) is 0 Å². The first kappa shape index (κ1) is 19.5. The van der Waals surface area contributed by atoms with Gasteiger partial charge in [0, 0.05) is 5.54 Å². The first-order valence-electron chi connectivity index (χ1n) is 6.23. The fourth-order valence-electron chi connectivity index (χ4n) is 0.605. The van der Waals surface area contributed by atoms with E-state index in [0.717, 1.165) is 12.5 Å². The first-order chi connectivity index (χ1) is 6.48. The van der Waals surface area contributed by atoms with E-state index < -0.39 is 0 Å². The molecule has 0 spiro atoms. The molecular formula is C13H33N. The van der Waals surface area contributed by atoms with Gasteiger partial charge in [0.15, 0.2) is 0 Å². The molecule has 0 aliphatic carbocycles. The second-order valence-corrected chi connectivity index (χ2v) is 4.01. The van der Waals surface area contributed by atoms with Gasteiger partial charge in [-0.25, -0.2) is 0 Å². The Morgan fingerprint density at radius 1 is 1.00 bits per heavy atom. The number of nitrogens with one attached hydrogen (secondary N) is 1. The highest BCUT2D eigenvalue weighted by molar-refractivity contribution is 4.75. The van der Waals surface area contributed by atoms with E-state index >= 15 is 0 Å². The minimum atomic E-state index is 0.324. The van der Waals surface area contributed by atoms with Gasteiger partial charge in [0.2, 0.25) is 0 Å². The Morgan fingerprint density at radius 3 is 1.57 bits per heavy atom. The zero-order valence-electron chi connectivity index (χ0n) is 12.0. The number of hydrogen-bond acceptors (Lipinski definition) is 1. The van der Waals surface area contributed by atoms with Gasteiger partial charge in [-0.15, -0.1) is 0 Å². The van der Waals surface area contributed by atoms with Crippen LogP contribution in [0, 0.1) is 5.92 Å². The highest BCUT2D eigenvalue weighted by atomic mass is 14.9. The van der Waals surface area contributed by atoms with Crippen molar-refractivity contribution in [2.45, 2.75) is 74.3 Å². The second kappa shape index (κ2) is 13.0. The summed E-state index contributed by atoms with van der Waals surface area (Å²) in [5.74, 6) is 0.755. The summed E-state index contributed by atoms with van der Waals surface area (Å²) >= 11 is 0. The third-order valence-corrected chi connectivity index (χ3v) is 1.87. The summed E-state index contributed by atoms with van der Waals surface area (Å²) in [6.07, 6.45) is 1.19. The van der Waals surface area contributed by atoms with Crippen LogP contribution in [0.15, 0.2) is 0 Å². The summed E-state index contributed by atoms with van der Waals surface area (Å²) in [4.78, 5) is 0. The lowest BCUT2D eigenvalue weighted by Crippen LogP contribution is -2.40. The van der Waals surface area contributed by atoms with Gasteiger partial charge in [-0.2, -0.15) is 0 Å². The first-order valence-corrected chi connectivity index (χ1v) is 6.23. The van der Waals surface area contributed by atoms with Gasteiger partial charge in [-0.05, 0) is 32.7 Å². The van der Waals surface area contributed by atoms with Crippen molar-refractivity contribution in [3.8, 4) is 0 Å². The van der Waals surface area contributed by atoms with Gasteiger partial charge >= 0.3 is 0 Å². The SMILES string of the molecule is CC.CC.CCC(C)(C)NCC(C)C. The van der Waals surface area contributed by atoms with Crippen LogP contribution in [0.3, 0.4) is 0 Å². The Balaban J connectivity index is -0.000000266. The van der Waals surface area contributed by atoms with Crippen LogP contribution < -0.4 is 5.32 Å². The molecule has 0 bridgehead atoms. The van der Waals surface area contributed by atoms with Crippen molar-refractivity contribution in [2.75, 3.05) is 6.54 Å². The van der Waals surface area contributed by atoms with Gasteiger partial charge < -0.3 is 5.32 Å². The van der Waals surface area contributed by atoms with E-state index in [1.165, 1.54) is 6.42 Å². The molecule has 0 aliphatic heterocycles. The van der Waals surface area contributed by atoms with Crippen LogP contribution in [0.25, 0.3) is 0 Å². The van der Waals surface area contributed by atoms with Crippen LogP contribution in [0.2, 0.25) is 0 Å². The van der Waals surface area contributed by atoms with Crippen molar-refractivity contribution < 1.29 is 0 Å². The molecule has 0 radical (unpaired) electrons. The molecule has 0 aromatic heterocycles. The lowest BCUT2D eigenvalue weighted by molar-refractivity contribution is 0.353. The Labute approximate surface area is 92.7 Å². The van der Waals surface area contributed by atoms with Crippen molar-refractivity contribution in [1.29, 1.82) is 0 Å². The molecule has 1 N–H and O–H groups in total. The maximum Gasteiger partial charge on any atom is 0.0122 e. The van der Waals surface area contributed by atoms with Crippen molar-refractivity contribution in [2.24, 2.45) is 5.92 Å². The average molecular weight is 203 g/mol. The molecule has 0 fully saturated rings. The van der Waals surface area contributed by atoms with Crippen LogP contribution in [0.5, 0.6) is 0 Å². The predicted molar refractivity (Wildman–Crippen MR) is 69.9 cm³/mol. The molecule has 0 atom stereocenters. The van der Waals surface area contributed by atoms with Crippen molar-refractivity contribution in [3.63, 3.8) is 0 Å². The molecular weight excluding hydrogens is 170 g/mol. The van der Waals surface area contributed by atoms with Crippen LogP contribution in [-0.4, -0.2) is 12.1 Å². The standard InChI is InChI=1S/C9H21N.2C2H6/c1-6-9(4,5)10-7-8(2)3;2*1-2/h8,10H,6-7H2,1-5H3;2*1-2H3. The van der Waals surface area contributed by atoms with Gasteiger partial charge in [-0.1, -0.05) is 48.5 Å². The van der Waals surface area contributed by atoms with E-state index in [4.69, 9.17) is 0 Å². The van der Waals surface area contributed by atoms with Gasteiger partial charge in [0.1, 0.15) is 0 Å². The highest BCUT2D eigenvalue weighted by Crippen LogP contribution is 2.06. The fraction of sp³-hybridized carbons (Fsp3) is 1.00. The minimum absolute atomic E-state index is 0.324. The Kier molecular flexibility index (Phi) is 18.1. The average Bonchev–Trinajstić information content (AvgIpc) is 2.21. The fourth-order valence-corrected chi connectivity index (χ4v) is 0.605. The molecule has 0 heterocycles. The molecule has 0 rings (SSSR count). The summed E-state index contributed by atoms with van der Waals surface area (Å²) in [6, 6.07) is 0. The van der Waals surface area contributed by atoms with Crippen LogP contribution in [0.1, 0.15) is 68.7 Å². The Bertz CT molecular complexity index is 85.2. The third kappa shape index (κ3) is 17.9. The Hall–Kier alpha value is -0.0400. The summed E-state index contributed by atoms with van der Waals surface area (Å²) in [6.45, 7) is 20.3. The monoisotopic (exact) mass is 203 g/mol. The third-order valence-electron chi connectivity index (χ3n) is 1.87. The lowest BCUT2D eigenvalue weighted by atomic mass is 10.0. The maximum absolute atomic E-state index is 3.51. The van der Waals surface area contributed by atoms with Crippen molar-refractivity contribution >= 4 is 0 Å². The summed E-state index contributed by atoms with van der Waals surface area (Å²) in [5, 5.41) is 3.51. The molecule has 0 amide bonds. The number of rotatable bonds is 4. The van der Waals surface area contributed by atoms with E-state index in [2.05, 4.69) is 39.9 Å². The van der Waals surface area contributed by atoms with E-state index in [-0.39, 0.29) is 0 Å². The molecule has 1 heteroatoms. The molecule has 0 aromatic rings. The van der Waals surface area contributed by atoms with Crippen LogP contribution in [-0.2, 0) is 0 Å². The zero-order valence-corrected chi connectivity index (χ0v) is 12.0. The molecule has 1 nitrogen and oxygen atoms in total. The Morgan fingerprint density at radius 2 is 1.36 bits per heavy atom. The quantitative estimate of drug-likeness (QED) is 0.710. The van der Waals surface area contributed by atoms with E-state index in [0.29, 0.717) is 5.54 Å². The molecule has 0 aromatic carbocycles. The molecule has 0 saturated carbocycles. The highest BCUT2D eigenvalue weighted by Gasteiger charge is 2.13. The molecule has 14 heavy (non-hydrogen) atoms. The van der Waals surface area contributed by atoms with Gasteiger partial charge in [-0.3, -0.25) is 0 Å². The van der Waals surface area contributed by atoms with Crippen molar-refractivity contribution in [1.82, 2.24) is 5.32 Å². The topological polar surface area (TPSA) is 12.0 Å². The molecule has 90 valence electrons. The second-order valence-electron chi connectivity index (χ2n) is 4.01.